The molecule has 0 saturated heterocycles. The Morgan fingerprint density at radius 2 is 1.43 bits per heavy atom. The summed E-state index contributed by atoms with van der Waals surface area (Å²) in [5.74, 6) is -12.5. The number of benzene rings is 1. The van der Waals surface area contributed by atoms with E-state index in [-0.39, 0.29) is 5.02 Å². The van der Waals surface area contributed by atoms with Crippen molar-refractivity contribution in [3.63, 3.8) is 0 Å². The van der Waals surface area contributed by atoms with Crippen LogP contribution >= 0.6 is 11.6 Å². The average molecular weight is 324 g/mol. The van der Waals surface area contributed by atoms with Crippen molar-refractivity contribution in [3.05, 3.63) is 51.9 Å². The molecule has 9 heteroatoms. The molecule has 0 aliphatic rings. The largest absolute Gasteiger partial charge is 0.476 e. The van der Waals surface area contributed by atoms with Crippen LogP contribution in [0.2, 0.25) is 5.02 Å². The van der Waals surface area contributed by atoms with Crippen molar-refractivity contribution in [3.8, 4) is 11.3 Å². The van der Waals surface area contributed by atoms with Crippen LogP contribution in [0.1, 0.15) is 10.5 Å². The Morgan fingerprint density at radius 1 is 0.952 bits per heavy atom. The highest BCUT2D eigenvalue weighted by Gasteiger charge is 2.28. The first-order valence-electron chi connectivity index (χ1n) is 5.17. The van der Waals surface area contributed by atoms with Gasteiger partial charge in [-0.1, -0.05) is 11.6 Å². The van der Waals surface area contributed by atoms with Crippen LogP contribution in [0, 0.1) is 29.1 Å². The summed E-state index contributed by atoms with van der Waals surface area (Å²) in [5, 5.41) is 8.43. The maximum Gasteiger partial charge on any atom is 0.356 e. The molecule has 0 atom stereocenters. The van der Waals surface area contributed by atoms with Crippen LogP contribution in [0.4, 0.5) is 22.0 Å². The molecule has 2 aromatic rings. The van der Waals surface area contributed by atoms with Gasteiger partial charge in [-0.15, -0.1) is 0 Å². The Morgan fingerprint density at radius 3 is 1.90 bits per heavy atom. The van der Waals surface area contributed by atoms with E-state index in [0.717, 1.165) is 12.1 Å². The van der Waals surface area contributed by atoms with Gasteiger partial charge >= 0.3 is 5.97 Å². The highest BCUT2D eigenvalue weighted by molar-refractivity contribution is 6.33. The summed E-state index contributed by atoms with van der Waals surface area (Å²) in [7, 11) is 0. The second kappa shape index (κ2) is 5.28. The Kier molecular flexibility index (Phi) is 3.82. The zero-order chi connectivity index (χ0) is 15.9. The van der Waals surface area contributed by atoms with Crippen LogP contribution in [0.25, 0.3) is 11.3 Å². The predicted octanol–water partition coefficient (Wildman–Crippen LogP) is 3.80. The maximum absolute atomic E-state index is 13.6. The minimum Gasteiger partial charge on any atom is -0.476 e. The predicted molar refractivity (Wildman–Crippen MR) is 61.4 cm³/mol. The number of rotatable bonds is 2. The van der Waals surface area contributed by atoms with E-state index in [1.807, 2.05) is 0 Å². The highest BCUT2D eigenvalue weighted by Crippen LogP contribution is 2.31. The molecule has 1 N–H and O–H groups in total. The minimum atomic E-state index is -2.32. The molecule has 0 bridgehead atoms. The first-order valence-corrected chi connectivity index (χ1v) is 5.55. The topological polar surface area (TPSA) is 50.2 Å². The Labute approximate surface area is 118 Å². The molecule has 110 valence electrons. The van der Waals surface area contributed by atoms with Gasteiger partial charge in [-0.25, -0.2) is 31.7 Å². The van der Waals surface area contributed by atoms with E-state index in [2.05, 4.69) is 4.98 Å². The average Bonchev–Trinajstić information content (AvgIpc) is 2.44. The fourth-order valence-corrected chi connectivity index (χ4v) is 1.75. The lowest BCUT2D eigenvalue weighted by molar-refractivity contribution is 0.0691. The Hall–Kier alpha value is -2.22. The quantitative estimate of drug-likeness (QED) is 0.519. The molecule has 0 radical (unpaired) electrons. The molecule has 1 heterocycles. The first-order chi connectivity index (χ1) is 9.75. The first kappa shape index (κ1) is 15.2. The third kappa shape index (κ3) is 2.42. The number of hydrogen-bond acceptors (Lipinski definition) is 2. The van der Waals surface area contributed by atoms with Gasteiger partial charge in [0.15, 0.2) is 29.0 Å². The van der Waals surface area contributed by atoms with E-state index < -0.39 is 52.0 Å². The number of aromatic carboxylic acids is 1. The third-order valence-corrected chi connectivity index (χ3v) is 2.82. The van der Waals surface area contributed by atoms with Gasteiger partial charge in [-0.2, -0.15) is 0 Å². The number of carboxylic acids is 1. The van der Waals surface area contributed by atoms with Crippen molar-refractivity contribution in [2.24, 2.45) is 0 Å². The number of carboxylic acid groups (broad SMARTS) is 1. The summed E-state index contributed by atoms with van der Waals surface area (Å²) >= 11 is 5.51. The Balaban J connectivity index is 2.80. The van der Waals surface area contributed by atoms with Crippen LogP contribution in [0.3, 0.4) is 0 Å². The zero-order valence-electron chi connectivity index (χ0n) is 9.73. The van der Waals surface area contributed by atoms with Crippen LogP contribution in [-0.2, 0) is 0 Å². The molecular weight excluding hydrogens is 321 g/mol. The lowest BCUT2D eigenvalue weighted by Crippen LogP contribution is -2.07. The van der Waals surface area contributed by atoms with Crippen molar-refractivity contribution >= 4 is 17.6 Å². The molecular formula is C12H3ClF5NO2. The molecule has 0 amide bonds. The SMILES string of the molecule is O=C(O)c1nc(-c2c(F)c(F)c(F)c(F)c2F)ccc1Cl. The molecule has 0 unspecified atom stereocenters. The van der Waals surface area contributed by atoms with Crippen molar-refractivity contribution in [1.29, 1.82) is 0 Å². The summed E-state index contributed by atoms with van der Waals surface area (Å²) in [6, 6.07) is 1.76. The molecule has 1 aromatic heterocycles. The van der Waals surface area contributed by atoms with Gasteiger partial charge in [0.2, 0.25) is 5.82 Å². The van der Waals surface area contributed by atoms with Crippen LogP contribution < -0.4 is 0 Å². The van der Waals surface area contributed by atoms with Gasteiger partial charge in [-0.3, -0.25) is 0 Å². The molecule has 3 nitrogen and oxygen atoms in total. The molecule has 0 aliphatic carbocycles. The minimum absolute atomic E-state index is 0.352. The summed E-state index contributed by atoms with van der Waals surface area (Å²) in [6.45, 7) is 0. The van der Waals surface area contributed by atoms with E-state index in [1.165, 1.54) is 0 Å². The number of halogens is 6. The fraction of sp³-hybridized carbons (Fsp3) is 0. The molecule has 1 aromatic carbocycles. The summed E-state index contributed by atoms with van der Waals surface area (Å²) < 4.78 is 66.3. The summed E-state index contributed by atoms with van der Waals surface area (Å²) in [5.41, 5.74) is -2.85. The van der Waals surface area contributed by atoms with Gasteiger partial charge in [0.1, 0.15) is 0 Å². The summed E-state index contributed by atoms with van der Waals surface area (Å²) in [6.07, 6.45) is 0. The molecule has 0 saturated carbocycles. The second-order valence-corrected chi connectivity index (χ2v) is 4.18. The number of aromatic nitrogens is 1. The zero-order valence-corrected chi connectivity index (χ0v) is 10.5. The van der Waals surface area contributed by atoms with Crippen molar-refractivity contribution in [2.75, 3.05) is 0 Å². The van der Waals surface area contributed by atoms with Crippen LogP contribution in [0.5, 0.6) is 0 Å². The van der Waals surface area contributed by atoms with E-state index in [1.54, 1.807) is 0 Å². The van der Waals surface area contributed by atoms with E-state index in [4.69, 9.17) is 16.7 Å². The van der Waals surface area contributed by atoms with E-state index in [9.17, 15) is 26.7 Å². The third-order valence-electron chi connectivity index (χ3n) is 2.51. The monoisotopic (exact) mass is 323 g/mol. The molecule has 0 spiro atoms. The number of pyridine rings is 1. The lowest BCUT2D eigenvalue weighted by atomic mass is 10.1. The van der Waals surface area contributed by atoms with Crippen molar-refractivity contribution < 1.29 is 31.9 Å². The van der Waals surface area contributed by atoms with Crippen molar-refractivity contribution in [2.45, 2.75) is 0 Å². The van der Waals surface area contributed by atoms with Crippen LogP contribution in [-0.4, -0.2) is 16.1 Å². The molecule has 0 fully saturated rings. The van der Waals surface area contributed by atoms with Gasteiger partial charge in [0, 0.05) is 0 Å². The van der Waals surface area contributed by atoms with Gasteiger partial charge in [0.25, 0.3) is 0 Å². The Bertz CT molecular complexity index is 737. The second-order valence-electron chi connectivity index (χ2n) is 3.78. The van der Waals surface area contributed by atoms with Crippen molar-refractivity contribution in [1.82, 2.24) is 4.98 Å². The van der Waals surface area contributed by atoms with Crippen LogP contribution in [0.15, 0.2) is 12.1 Å². The smallest absolute Gasteiger partial charge is 0.356 e. The van der Waals surface area contributed by atoms with Gasteiger partial charge < -0.3 is 5.11 Å². The molecule has 21 heavy (non-hydrogen) atoms. The number of carbonyl (C=O) groups is 1. The van der Waals surface area contributed by atoms with E-state index in [0.29, 0.717) is 0 Å². The maximum atomic E-state index is 13.6. The number of nitrogens with zero attached hydrogens (tertiary/aromatic N) is 1. The van der Waals surface area contributed by atoms with Gasteiger partial charge in [-0.05, 0) is 12.1 Å². The molecule has 0 aliphatic heterocycles. The lowest BCUT2D eigenvalue weighted by Gasteiger charge is -2.08. The normalized spacial score (nSPS) is 10.8. The molecule has 2 rings (SSSR count). The summed E-state index contributed by atoms with van der Waals surface area (Å²) in [4.78, 5) is 14.1. The fourth-order valence-electron chi connectivity index (χ4n) is 1.56. The van der Waals surface area contributed by atoms with E-state index >= 15 is 0 Å². The number of hydrogen-bond donors (Lipinski definition) is 1. The standard InChI is InChI=1S/C12H3ClF5NO2/c13-3-1-2-4(19-11(3)12(20)21)5-6(14)8(16)10(18)9(17)7(5)15/h1-2H,(H,20,21). The van der Waals surface area contributed by atoms with Gasteiger partial charge in [0.05, 0.1) is 16.3 Å². The highest BCUT2D eigenvalue weighted by atomic mass is 35.5.